The van der Waals surface area contributed by atoms with Crippen LogP contribution in [-0.2, 0) is 0 Å². The van der Waals surface area contributed by atoms with Crippen LogP contribution in [0.15, 0.2) is 24.3 Å². The highest BCUT2D eigenvalue weighted by molar-refractivity contribution is 6.30. The van der Waals surface area contributed by atoms with Crippen LogP contribution in [-0.4, -0.2) is 24.3 Å². The van der Waals surface area contributed by atoms with E-state index in [9.17, 15) is 5.11 Å². The first-order valence-electron chi connectivity index (χ1n) is 4.94. The molecule has 2 rings (SSSR count). The van der Waals surface area contributed by atoms with Crippen molar-refractivity contribution in [1.29, 1.82) is 0 Å². The fraction of sp³-hybridized carbons (Fsp3) is 0.455. The van der Waals surface area contributed by atoms with Gasteiger partial charge in [0.2, 0.25) is 0 Å². The van der Waals surface area contributed by atoms with E-state index in [0.29, 0.717) is 0 Å². The van der Waals surface area contributed by atoms with Gasteiger partial charge in [0, 0.05) is 23.8 Å². The molecule has 0 unspecified atom stereocenters. The van der Waals surface area contributed by atoms with Gasteiger partial charge in [-0.3, -0.25) is 0 Å². The van der Waals surface area contributed by atoms with Crippen LogP contribution < -0.4 is 4.90 Å². The maximum absolute atomic E-state index is 9.38. The predicted octanol–water partition coefficient (Wildman–Crippen LogP) is 2.30. The minimum Gasteiger partial charge on any atom is -0.393 e. The fourth-order valence-electron chi connectivity index (χ4n) is 1.80. The second-order valence-corrected chi connectivity index (χ2v) is 4.13. The second kappa shape index (κ2) is 4.20. The number of nitrogens with zero attached hydrogens (tertiary/aromatic N) is 1. The molecule has 1 aliphatic heterocycles. The quantitative estimate of drug-likeness (QED) is 0.771. The Morgan fingerprint density at radius 1 is 1.29 bits per heavy atom. The lowest BCUT2D eigenvalue weighted by atomic mass is 10.1. The Morgan fingerprint density at radius 3 is 2.64 bits per heavy atom. The van der Waals surface area contributed by atoms with E-state index in [0.717, 1.165) is 36.6 Å². The molecular weight excluding hydrogens is 198 g/mol. The van der Waals surface area contributed by atoms with Crippen LogP contribution in [0, 0.1) is 0 Å². The molecule has 2 nitrogen and oxygen atoms in total. The number of benzene rings is 1. The van der Waals surface area contributed by atoms with E-state index in [1.807, 2.05) is 18.2 Å². The minimum atomic E-state index is -0.120. The normalized spacial score (nSPS) is 18.6. The summed E-state index contributed by atoms with van der Waals surface area (Å²) in [7, 11) is 0. The first kappa shape index (κ1) is 9.81. The van der Waals surface area contributed by atoms with Crippen LogP contribution in [0.4, 0.5) is 5.69 Å². The molecule has 1 aromatic rings. The molecule has 0 radical (unpaired) electrons. The molecule has 0 atom stereocenters. The average Bonchev–Trinajstić information content (AvgIpc) is 2.19. The Morgan fingerprint density at radius 2 is 2.00 bits per heavy atom. The lowest BCUT2D eigenvalue weighted by molar-refractivity contribution is 0.145. The van der Waals surface area contributed by atoms with Crippen LogP contribution in [0.1, 0.15) is 12.8 Å². The molecule has 1 aromatic carbocycles. The van der Waals surface area contributed by atoms with Crippen molar-refractivity contribution in [2.45, 2.75) is 18.9 Å². The van der Waals surface area contributed by atoms with Crippen LogP contribution in [0.5, 0.6) is 0 Å². The van der Waals surface area contributed by atoms with Gasteiger partial charge in [-0.05, 0) is 31.0 Å². The molecule has 14 heavy (non-hydrogen) atoms. The first-order valence-corrected chi connectivity index (χ1v) is 5.32. The summed E-state index contributed by atoms with van der Waals surface area (Å²) in [6, 6.07) is 7.87. The van der Waals surface area contributed by atoms with E-state index in [1.54, 1.807) is 0 Å². The molecule has 0 aromatic heterocycles. The Balaban J connectivity index is 2.08. The summed E-state index contributed by atoms with van der Waals surface area (Å²) in [5.41, 5.74) is 1.16. The Kier molecular flexibility index (Phi) is 2.94. The number of rotatable bonds is 1. The number of aliphatic hydroxyl groups is 1. The zero-order valence-corrected chi connectivity index (χ0v) is 8.74. The second-order valence-electron chi connectivity index (χ2n) is 3.70. The maximum Gasteiger partial charge on any atom is 0.0574 e. The van der Waals surface area contributed by atoms with Gasteiger partial charge in [0.05, 0.1) is 6.10 Å². The van der Waals surface area contributed by atoms with Gasteiger partial charge in [0.25, 0.3) is 0 Å². The van der Waals surface area contributed by atoms with Gasteiger partial charge in [0.15, 0.2) is 0 Å². The molecule has 1 heterocycles. The monoisotopic (exact) mass is 211 g/mol. The third-order valence-corrected chi connectivity index (χ3v) is 2.87. The highest BCUT2D eigenvalue weighted by Crippen LogP contribution is 2.22. The average molecular weight is 212 g/mol. The summed E-state index contributed by atoms with van der Waals surface area (Å²) in [5.74, 6) is 0. The molecule has 0 aliphatic carbocycles. The molecule has 0 amide bonds. The van der Waals surface area contributed by atoms with Crippen LogP contribution in [0.25, 0.3) is 0 Å². The molecule has 3 heteroatoms. The van der Waals surface area contributed by atoms with Crippen molar-refractivity contribution >= 4 is 17.3 Å². The third kappa shape index (κ3) is 2.20. The molecular formula is C11H14ClNO. The van der Waals surface area contributed by atoms with E-state index in [4.69, 9.17) is 11.6 Å². The Bertz CT molecular complexity index is 308. The summed E-state index contributed by atoms with van der Waals surface area (Å²) in [6.45, 7) is 1.84. The van der Waals surface area contributed by atoms with Crippen LogP contribution >= 0.6 is 11.6 Å². The summed E-state index contributed by atoms with van der Waals surface area (Å²) in [6.07, 6.45) is 1.59. The van der Waals surface area contributed by atoms with E-state index in [2.05, 4.69) is 11.0 Å². The first-order chi connectivity index (χ1) is 6.75. The predicted molar refractivity (Wildman–Crippen MR) is 58.9 cm³/mol. The smallest absolute Gasteiger partial charge is 0.0574 e. The molecule has 0 spiro atoms. The van der Waals surface area contributed by atoms with Gasteiger partial charge in [-0.1, -0.05) is 17.7 Å². The van der Waals surface area contributed by atoms with Crippen molar-refractivity contribution in [2.24, 2.45) is 0 Å². The standard InChI is InChI=1S/C11H14ClNO/c12-9-2-1-3-10(8-9)13-6-4-11(14)5-7-13/h1-3,8,11,14H,4-7H2. The van der Waals surface area contributed by atoms with Gasteiger partial charge in [0.1, 0.15) is 0 Å². The van der Waals surface area contributed by atoms with Gasteiger partial charge in [-0.25, -0.2) is 0 Å². The van der Waals surface area contributed by atoms with Crippen molar-refractivity contribution in [2.75, 3.05) is 18.0 Å². The molecule has 1 N–H and O–H groups in total. The molecule has 0 saturated carbocycles. The van der Waals surface area contributed by atoms with E-state index < -0.39 is 0 Å². The van der Waals surface area contributed by atoms with Gasteiger partial charge >= 0.3 is 0 Å². The van der Waals surface area contributed by atoms with Crippen molar-refractivity contribution in [1.82, 2.24) is 0 Å². The molecule has 1 aliphatic rings. The highest BCUT2D eigenvalue weighted by Gasteiger charge is 2.16. The van der Waals surface area contributed by atoms with Crippen molar-refractivity contribution in [3.8, 4) is 0 Å². The molecule has 1 fully saturated rings. The number of hydrogen-bond donors (Lipinski definition) is 1. The van der Waals surface area contributed by atoms with E-state index >= 15 is 0 Å². The number of anilines is 1. The number of aliphatic hydroxyl groups excluding tert-OH is 1. The van der Waals surface area contributed by atoms with Gasteiger partial charge in [-0.15, -0.1) is 0 Å². The van der Waals surface area contributed by atoms with Crippen molar-refractivity contribution in [3.05, 3.63) is 29.3 Å². The lowest BCUT2D eigenvalue weighted by Crippen LogP contribution is -2.35. The van der Waals surface area contributed by atoms with Crippen LogP contribution in [0.3, 0.4) is 0 Å². The highest BCUT2D eigenvalue weighted by atomic mass is 35.5. The van der Waals surface area contributed by atoms with Gasteiger partial charge < -0.3 is 10.0 Å². The van der Waals surface area contributed by atoms with Crippen LogP contribution in [0.2, 0.25) is 5.02 Å². The third-order valence-electron chi connectivity index (χ3n) is 2.64. The lowest BCUT2D eigenvalue weighted by Gasteiger charge is -2.31. The molecule has 0 bridgehead atoms. The van der Waals surface area contributed by atoms with Gasteiger partial charge in [-0.2, -0.15) is 0 Å². The summed E-state index contributed by atoms with van der Waals surface area (Å²) in [4.78, 5) is 2.26. The zero-order chi connectivity index (χ0) is 9.97. The largest absolute Gasteiger partial charge is 0.393 e. The summed E-state index contributed by atoms with van der Waals surface area (Å²) < 4.78 is 0. The number of piperidine rings is 1. The van der Waals surface area contributed by atoms with Crippen molar-refractivity contribution in [3.63, 3.8) is 0 Å². The maximum atomic E-state index is 9.38. The van der Waals surface area contributed by atoms with Crippen molar-refractivity contribution < 1.29 is 5.11 Å². The van der Waals surface area contributed by atoms with E-state index in [1.165, 1.54) is 0 Å². The zero-order valence-electron chi connectivity index (χ0n) is 7.99. The molecule has 1 saturated heterocycles. The minimum absolute atomic E-state index is 0.120. The number of hydrogen-bond acceptors (Lipinski definition) is 2. The Labute approximate surface area is 89.1 Å². The van der Waals surface area contributed by atoms with E-state index in [-0.39, 0.29) is 6.10 Å². The summed E-state index contributed by atoms with van der Waals surface area (Å²) >= 11 is 5.92. The topological polar surface area (TPSA) is 23.5 Å². The molecule has 76 valence electrons. The fourth-order valence-corrected chi connectivity index (χ4v) is 1.98. The Hall–Kier alpha value is -0.730. The number of halogens is 1. The summed E-state index contributed by atoms with van der Waals surface area (Å²) in [5, 5.41) is 10.1. The SMILES string of the molecule is OC1CCN(c2cccc(Cl)c2)CC1.